The fraction of sp³-hybridized carbons (Fsp3) is 0. The molecule has 0 saturated heterocycles. The zero-order chi connectivity index (χ0) is 13.3. The number of sulfonamides is 1. The minimum atomic E-state index is -3.84. The number of nitrogens with one attached hydrogen (secondary N) is 1. The van der Waals surface area contributed by atoms with Crippen molar-refractivity contribution in [2.24, 2.45) is 5.14 Å². The smallest absolute Gasteiger partial charge is 0.255 e. The fourth-order valence-electron chi connectivity index (χ4n) is 1.38. The number of nitrogens with two attached hydrogens (primary N) is 1. The van der Waals surface area contributed by atoms with Gasteiger partial charge in [0.1, 0.15) is 5.02 Å². The highest BCUT2D eigenvalue weighted by molar-refractivity contribution is 7.89. The summed E-state index contributed by atoms with van der Waals surface area (Å²) < 4.78 is 22.1. The Bertz CT molecular complexity index is 738. The molecule has 0 aliphatic rings. The van der Waals surface area contributed by atoms with Crippen LogP contribution in [-0.4, -0.2) is 18.4 Å². The Labute approximate surface area is 107 Å². The van der Waals surface area contributed by atoms with E-state index >= 15 is 0 Å². The molecule has 8 heteroatoms. The van der Waals surface area contributed by atoms with E-state index in [1.54, 1.807) is 0 Å². The minimum Gasteiger partial charge on any atom is -0.366 e. The second kappa shape index (κ2) is 4.52. The second-order valence-corrected chi connectivity index (χ2v) is 5.39. The normalized spacial score (nSPS) is 11.4. The Morgan fingerprint density at radius 1 is 1.28 bits per heavy atom. The maximum absolute atomic E-state index is 11.7. The van der Waals surface area contributed by atoms with E-state index < -0.39 is 10.0 Å². The standard InChI is InChI=1S/C10H8ClN3O3S/c11-8-5-13-4-7(10(8)15)6-1-2-9(14-3-6)18(12,16)17/h1-5H,(H,13,15)(H2,12,16,17). The van der Waals surface area contributed by atoms with Crippen LogP contribution in [0.4, 0.5) is 0 Å². The summed E-state index contributed by atoms with van der Waals surface area (Å²) >= 11 is 5.69. The predicted octanol–water partition coefficient (Wildman–Crippen LogP) is 0.738. The second-order valence-electron chi connectivity index (χ2n) is 3.48. The van der Waals surface area contributed by atoms with Gasteiger partial charge in [-0.3, -0.25) is 4.79 Å². The average Bonchev–Trinajstić information content (AvgIpc) is 2.32. The third kappa shape index (κ3) is 2.42. The van der Waals surface area contributed by atoms with E-state index in [0.717, 1.165) is 0 Å². The van der Waals surface area contributed by atoms with E-state index in [1.807, 2.05) is 0 Å². The average molecular weight is 286 g/mol. The Balaban J connectivity index is 2.54. The molecule has 18 heavy (non-hydrogen) atoms. The molecule has 94 valence electrons. The first-order valence-corrected chi connectivity index (χ1v) is 6.68. The summed E-state index contributed by atoms with van der Waals surface area (Å²) in [6.07, 6.45) is 4.07. The number of hydrogen-bond acceptors (Lipinski definition) is 4. The summed E-state index contributed by atoms with van der Waals surface area (Å²) in [7, 11) is -3.84. The number of primary sulfonamides is 1. The Morgan fingerprint density at radius 3 is 2.56 bits per heavy atom. The number of nitrogens with zero attached hydrogens (tertiary/aromatic N) is 1. The zero-order valence-corrected chi connectivity index (χ0v) is 10.5. The van der Waals surface area contributed by atoms with E-state index in [0.29, 0.717) is 11.1 Å². The first kappa shape index (κ1) is 12.7. The molecule has 0 atom stereocenters. The molecule has 0 spiro atoms. The van der Waals surface area contributed by atoms with Gasteiger partial charge < -0.3 is 4.98 Å². The SMILES string of the molecule is NS(=O)(=O)c1ccc(-c2c[nH]cc(Cl)c2=O)cn1. The number of halogens is 1. The van der Waals surface area contributed by atoms with Crippen molar-refractivity contribution in [3.63, 3.8) is 0 Å². The Morgan fingerprint density at radius 2 is 2.00 bits per heavy atom. The van der Waals surface area contributed by atoms with Crippen molar-refractivity contribution in [2.75, 3.05) is 0 Å². The molecule has 0 amide bonds. The molecular weight excluding hydrogens is 278 g/mol. The molecule has 0 radical (unpaired) electrons. The highest BCUT2D eigenvalue weighted by atomic mass is 35.5. The van der Waals surface area contributed by atoms with Gasteiger partial charge in [-0.05, 0) is 12.1 Å². The molecule has 0 aliphatic carbocycles. The van der Waals surface area contributed by atoms with E-state index in [4.69, 9.17) is 16.7 Å². The lowest BCUT2D eigenvalue weighted by atomic mass is 10.1. The van der Waals surface area contributed by atoms with Gasteiger partial charge in [-0.15, -0.1) is 0 Å². The van der Waals surface area contributed by atoms with Crippen LogP contribution in [0, 0.1) is 0 Å². The molecule has 3 N–H and O–H groups in total. The fourth-order valence-corrected chi connectivity index (χ4v) is 2.00. The van der Waals surface area contributed by atoms with Crippen molar-refractivity contribution >= 4 is 21.6 Å². The minimum absolute atomic E-state index is 0.0445. The van der Waals surface area contributed by atoms with Crippen LogP contribution >= 0.6 is 11.6 Å². The number of aromatic nitrogens is 2. The van der Waals surface area contributed by atoms with Crippen LogP contribution in [0.3, 0.4) is 0 Å². The van der Waals surface area contributed by atoms with Gasteiger partial charge in [0.05, 0.1) is 0 Å². The Hall–Kier alpha value is -1.70. The maximum Gasteiger partial charge on any atom is 0.255 e. The third-order valence-corrected chi connectivity index (χ3v) is 3.34. The molecule has 2 aromatic rings. The van der Waals surface area contributed by atoms with Crippen molar-refractivity contribution in [2.45, 2.75) is 5.03 Å². The molecule has 0 aromatic carbocycles. The first-order valence-electron chi connectivity index (χ1n) is 4.75. The predicted molar refractivity (Wildman–Crippen MR) is 66.7 cm³/mol. The molecule has 2 heterocycles. The summed E-state index contributed by atoms with van der Waals surface area (Å²) in [5.41, 5.74) is 0.391. The monoisotopic (exact) mass is 285 g/mol. The van der Waals surface area contributed by atoms with Crippen LogP contribution in [0.2, 0.25) is 5.02 Å². The van der Waals surface area contributed by atoms with Gasteiger partial charge >= 0.3 is 0 Å². The van der Waals surface area contributed by atoms with Crippen molar-refractivity contribution in [3.05, 3.63) is 46.0 Å². The van der Waals surface area contributed by atoms with Crippen molar-refractivity contribution < 1.29 is 8.42 Å². The van der Waals surface area contributed by atoms with Gasteiger partial charge in [0.2, 0.25) is 5.43 Å². The van der Waals surface area contributed by atoms with Gasteiger partial charge in [-0.25, -0.2) is 18.5 Å². The maximum atomic E-state index is 11.7. The van der Waals surface area contributed by atoms with Gasteiger partial charge in [-0.1, -0.05) is 11.6 Å². The summed E-state index contributed by atoms with van der Waals surface area (Å²) in [6.45, 7) is 0. The number of pyridine rings is 2. The van der Waals surface area contributed by atoms with Gasteiger partial charge in [-0.2, -0.15) is 0 Å². The van der Waals surface area contributed by atoms with Crippen LogP contribution in [0.1, 0.15) is 0 Å². The summed E-state index contributed by atoms with van der Waals surface area (Å²) in [6, 6.07) is 2.67. The van der Waals surface area contributed by atoms with Gasteiger partial charge in [0, 0.05) is 29.7 Å². The molecule has 2 rings (SSSR count). The number of aromatic amines is 1. The summed E-state index contributed by atoms with van der Waals surface area (Å²) in [4.78, 5) is 18.1. The largest absolute Gasteiger partial charge is 0.366 e. The molecule has 0 fully saturated rings. The van der Waals surface area contributed by atoms with E-state index in [2.05, 4.69) is 9.97 Å². The lowest BCUT2D eigenvalue weighted by Gasteiger charge is -2.02. The molecule has 0 unspecified atom stereocenters. The lowest BCUT2D eigenvalue weighted by molar-refractivity contribution is 0.594. The molecule has 0 bridgehead atoms. The summed E-state index contributed by atoms with van der Waals surface area (Å²) in [5, 5.41) is 4.71. The molecule has 6 nitrogen and oxygen atoms in total. The highest BCUT2D eigenvalue weighted by Gasteiger charge is 2.11. The molecule has 0 saturated carbocycles. The third-order valence-electron chi connectivity index (χ3n) is 2.24. The van der Waals surface area contributed by atoms with Crippen LogP contribution in [-0.2, 0) is 10.0 Å². The molecule has 0 aliphatic heterocycles. The van der Waals surface area contributed by atoms with Crippen LogP contribution in [0.25, 0.3) is 11.1 Å². The van der Waals surface area contributed by atoms with Crippen LogP contribution < -0.4 is 10.6 Å². The molecule has 2 aromatic heterocycles. The lowest BCUT2D eigenvalue weighted by Crippen LogP contribution is -2.14. The summed E-state index contributed by atoms with van der Waals surface area (Å²) in [5.74, 6) is 0. The number of H-pyrrole nitrogens is 1. The van der Waals surface area contributed by atoms with Crippen LogP contribution in [0.5, 0.6) is 0 Å². The van der Waals surface area contributed by atoms with Gasteiger partial charge in [0.25, 0.3) is 10.0 Å². The highest BCUT2D eigenvalue weighted by Crippen LogP contribution is 2.16. The topological polar surface area (TPSA) is 106 Å². The first-order chi connectivity index (χ1) is 8.39. The van der Waals surface area contributed by atoms with E-state index in [1.165, 1.54) is 30.7 Å². The quantitative estimate of drug-likeness (QED) is 0.848. The van der Waals surface area contributed by atoms with Crippen molar-refractivity contribution in [3.8, 4) is 11.1 Å². The van der Waals surface area contributed by atoms with Gasteiger partial charge in [0.15, 0.2) is 5.03 Å². The van der Waals surface area contributed by atoms with Crippen LogP contribution in [0.15, 0.2) is 40.5 Å². The van der Waals surface area contributed by atoms with Crippen molar-refractivity contribution in [1.82, 2.24) is 9.97 Å². The van der Waals surface area contributed by atoms with E-state index in [9.17, 15) is 13.2 Å². The zero-order valence-electron chi connectivity index (χ0n) is 8.92. The number of hydrogen-bond donors (Lipinski definition) is 2. The van der Waals surface area contributed by atoms with Crippen molar-refractivity contribution in [1.29, 1.82) is 0 Å². The molecular formula is C10H8ClN3O3S. The number of rotatable bonds is 2. The van der Waals surface area contributed by atoms with E-state index in [-0.39, 0.29) is 15.5 Å². The Kier molecular flexibility index (Phi) is 3.20.